The summed E-state index contributed by atoms with van der Waals surface area (Å²) in [5.41, 5.74) is 0. The lowest BCUT2D eigenvalue weighted by molar-refractivity contribution is 0.0931. The molecule has 1 heterocycles. The Morgan fingerprint density at radius 3 is 2.55 bits per heavy atom. The lowest BCUT2D eigenvalue weighted by Gasteiger charge is -2.27. The van der Waals surface area contributed by atoms with Crippen LogP contribution >= 0.6 is 0 Å². The van der Waals surface area contributed by atoms with Crippen molar-refractivity contribution in [3.05, 3.63) is 0 Å². The van der Waals surface area contributed by atoms with E-state index in [2.05, 4.69) is 5.32 Å². The highest BCUT2D eigenvalue weighted by Crippen LogP contribution is 2.35. The highest BCUT2D eigenvalue weighted by atomic mass is 16.3. The first-order valence-electron chi connectivity index (χ1n) is 4.79. The molecule has 2 fully saturated rings. The van der Waals surface area contributed by atoms with E-state index in [-0.39, 0.29) is 6.10 Å². The third kappa shape index (κ3) is 1.74. The zero-order valence-corrected chi connectivity index (χ0v) is 6.92. The Kier molecular flexibility index (Phi) is 2.14. The molecule has 64 valence electrons. The van der Waals surface area contributed by atoms with Crippen molar-refractivity contribution in [2.24, 2.45) is 5.92 Å². The predicted molar refractivity (Wildman–Crippen MR) is 44.4 cm³/mol. The largest absolute Gasteiger partial charge is 0.391 e. The number of hydrogen-bond donors (Lipinski definition) is 2. The molecule has 11 heavy (non-hydrogen) atoms. The second-order valence-electron chi connectivity index (χ2n) is 3.88. The van der Waals surface area contributed by atoms with E-state index in [0.717, 1.165) is 6.54 Å². The maximum Gasteiger partial charge on any atom is 0.0721 e. The first-order chi connectivity index (χ1) is 5.38. The number of piperidine rings is 1. The normalized spacial score (nSPS) is 35.2. The van der Waals surface area contributed by atoms with Crippen LogP contribution in [-0.4, -0.2) is 23.8 Å². The zero-order chi connectivity index (χ0) is 7.68. The minimum absolute atomic E-state index is 0.0460. The second kappa shape index (κ2) is 3.11. The molecule has 0 aromatic heterocycles. The van der Waals surface area contributed by atoms with Crippen molar-refractivity contribution in [1.29, 1.82) is 0 Å². The van der Waals surface area contributed by atoms with E-state index in [9.17, 15) is 5.11 Å². The Balaban J connectivity index is 1.81. The van der Waals surface area contributed by atoms with Crippen LogP contribution in [0.4, 0.5) is 0 Å². The molecule has 0 aromatic rings. The first-order valence-corrected chi connectivity index (χ1v) is 4.79. The van der Waals surface area contributed by atoms with Crippen LogP contribution in [-0.2, 0) is 0 Å². The third-order valence-corrected chi connectivity index (χ3v) is 2.87. The highest BCUT2D eigenvalue weighted by molar-refractivity contribution is 4.90. The van der Waals surface area contributed by atoms with E-state index in [0.29, 0.717) is 12.0 Å². The molecule has 0 aromatic carbocycles. The van der Waals surface area contributed by atoms with Gasteiger partial charge in [0.15, 0.2) is 0 Å². The average molecular weight is 155 g/mol. The van der Waals surface area contributed by atoms with Gasteiger partial charge in [0.1, 0.15) is 0 Å². The fourth-order valence-corrected chi connectivity index (χ4v) is 1.94. The van der Waals surface area contributed by atoms with Crippen LogP contribution in [0.5, 0.6) is 0 Å². The molecular formula is C9H17NO. The summed E-state index contributed by atoms with van der Waals surface area (Å²) in [7, 11) is 0. The lowest BCUT2D eigenvalue weighted by Crippen LogP contribution is -2.44. The smallest absolute Gasteiger partial charge is 0.0721 e. The van der Waals surface area contributed by atoms with E-state index in [1.54, 1.807) is 0 Å². The molecule has 1 saturated heterocycles. The monoisotopic (exact) mass is 155 g/mol. The Morgan fingerprint density at radius 1 is 1.18 bits per heavy atom. The van der Waals surface area contributed by atoms with Gasteiger partial charge >= 0.3 is 0 Å². The van der Waals surface area contributed by atoms with Gasteiger partial charge in [-0.15, -0.1) is 0 Å². The van der Waals surface area contributed by atoms with Crippen molar-refractivity contribution in [2.45, 2.75) is 44.2 Å². The predicted octanol–water partition coefficient (Wildman–Crippen LogP) is 0.899. The van der Waals surface area contributed by atoms with Crippen molar-refractivity contribution >= 4 is 0 Å². The van der Waals surface area contributed by atoms with Crippen molar-refractivity contribution in [3.8, 4) is 0 Å². The molecule has 1 aliphatic heterocycles. The van der Waals surface area contributed by atoms with Crippen molar-refractivity contribution < 1.29 is 5.11 Å². The van der Waals surface area contributed by atoms with Crippen LogP contribution in [0.25, 0.3) is 0 Å². The van der Waals surface area contributed by atoms with Gasteiger partial charge in [-0.1, -0.05) is 6.42 Å². The van der Waals surface area contributed by atoms with E-state index in [4.69, 9.17) is 0 Å². The highest BCUT2D eigenvalue weighted by Gasteiger charge is 2.35. The first kappa shape index (κ1) is 7.56. The van der Waals surface area contributed by atoms with E-state index in [1.807, 2.05) is 0 Å². The summed E-state index contributed by atoms with van der Waals surface area (Å²) in [6.45, 7) is 1.11. The Hall–Kier alpha value is -0.0800. The van der Waals surface area contributed by atoms with E-state index in [1.165, 1.54) is 32.1 Å². The summed E-state index contributed by atoms with van der Waals surface area (Å²) in [6.07, 6.45) is 6.21. The van der Waals surface area contributed by atoms with Gasteiger partial charge in [0.25, 0.3) is 0 Å². The van der Waals surface area contributed by atoms with Gasteiger partial charge in [-0.05, 0) is 38.1 Å². The topological polar surface area (TPSA) is 32.3 Å². The van der Waals surface area contributed by atoms with Crippen LogP contribution in [0.3, 0.4) is 0 Å². The fraction of sp³-hybridized carbons (Fsp3) is 1.00. The minimum atomic E-state index is -0.0460. The SMILES string of the molecule is O[C@H](C1CC1)[C@@H]1CCCCN1. The van der Waals surface area contributed by atoms with Crippen molar-refractivity contribution in [1.82, 2.24) is 5.32 Å². The van der Waals surface area contributed by atoms with Crippen LogP contribution in [0.2, 0.25) is 0 Å². The summed E-state index contributed by atoms with van der Waals surface area (Å²) in [4.78, 5) is 0. The lowest BCUT2D eigenvalue weighted by atomic mass is 9.97. The molecule has 2 N–H and O–H groups in total. The standard InChI is InChI=1S/C9H17NO/c11-9(7-4-5-7)8-3-1-2-6-10-8/h7-11H,1-6H2/t8-,9+/m0/s1. The molecule has 2 heteroatoms. The molecular weight excluding hydrogens is 138 g/mol. The summed E-state index contributed by atoms with van der Waals surface area (Å²) in [5, 5.41) is 13.1. The number of hydrogen-bond acceptors (Lipinski definition) is 2. The summed E-state index contributed by atoms with van der Waals surface area (Å²) in [5.74, 6) is 0.630. The average Bonchev–Trinajstić information content (AvgIpc) is 2.87. The second-order valence-corrected chi connectivity index (χ2v) is 3.88. The van der Waals surface area contributed by atoms with Crippen LogP contribution < -0.4 is 5.32 Å². The zero-order valence-electron chi connectivity index (χ0n) is 6.92. The van der Waals surface area contributed by atoms with Gasteiger partial charge in [0, 0.05) is 6.04 Å². The van der Waals surface area contributed by atoms with Gasteiger partial charge in [-0.25, -0.2) is 0 Å². The van der Waals surface area contributed by atoms with Gasteiger partial charge in [-0.2, -0.15) is 0 Å². The minimum Gasteiger partial charge on any atom is -0.391 e. The van der Waals surface area contributed by atoms with Crippen LogP contribution in [0, 0.1) is 5.92 Å². The number of aliphatic hydroxyl groups excluding tert-OH is 1. The Bertz CT molecular complexity index is 128. The van der Waals surface area contributed by atoms with Gasteiger partial charge in [0.2, 0.25) is 0 Å². The number of aliphatic hydroxyl groups is 1. The molecule has 1 aliphatic carbocycles. The summed E-state index contributed by atoms with van der Waals surface area (Å²) >= 11 is 0. The Labute approximate surface area is 68.0 Å². The Morgan fingerprint density at radius 2 is 2.00 bits per heavy atom. The van der Waals surface area contributed by atoms with Gasteiger partial charge < -0.3 is 10.4 Å². The van der Waals surface area contributed by atoms with Crippen molar-refractivity contribution in [3.63, 3.8) is 0 Å². The molecule has 0 spiro atoms. The van der Waals surface area contributed by atoms with E-state index < -0.39 is 0 Å². The molecule has 2 aliphatic rings. The van der Waals surface area contributed by atoms with Gasteiger partial charge in [0.05, 0.1) is 6.10 Å². The molecule has 0 radical (unpaired) electrons. The molecule has 2 atom stereocenters. The summed E-state index contributed by atoms with van der Waals surface area (Å²) < 4.78 is 0. The maximum atomic E-state index is 9.75. The molecule has 2 nitrogen and oxygen atoms in total. The molecule has 0 unspecified atom stereocenters. The van der Waals surface area contributed by atoms with Crippen LogP contribution in [0.15, 0.2) is 0 Å². The summed E-state index contributed by atoms with van der Waals surface area (Å²) in [6, 6.07) is 0.413. The number of rotatable bonds is 2. The molecule has 0 bridgehead atoms. The van der Waals surface area contributed by atoms with Crippen molar-refractivity contribution in [2.75, 3.05) is 6.54 Å². The maximum absolute atomic E-state index is 9.75. The molecule has 1 saturated carbocycles. The molecule has 2 rings (SSSR count). The third-order valence-electron chi connectivity index (χ3n) is 2.87. The van der Waals surface area contributed by atoms with Crippen LogP contribution in [0.1, 0.15) is 32.1 Å². The quantitative estimate of drug-likeness (QED) is 0.621. The van der Waals surface area contributed by atoms with E-state index >= 15 is 0 Å². The number of nitrogens with one attached hydrogen (secondary N) is 1. The molecule has 0 amide bonds. The fourth-order valence-electron chi connectivity index (χ4n) is 1.94. The van der Waals surface area contributed by atoms with Gasteiger partial charge in [-0.3, -0.25) is 0 Å².